The summed E-state index contributed by atoms with van der Waals surface area (Å²) in [4.78, 5) is 0. The molecule has 1 aliphatic carbocycles. The van der Waals surface area contributed by atoms with Gasteiger partial charge in [-0.15, -0.1) is 0 Å². The van der Waals surface area contributed by atoms with Crippen molar-refractivity contribution in [2.45, 2.75) is 57.0 Å². The van der Waals surface area contributed by atoms with Crippen LogP contribution in [-0.2, 0) is 4.74 Å². The molecule has 2 aliphatic rings. The van der Waals surface area contributed by atoms with Crippen molar-refractivity contribution in [2.75, 3.05) is 26.3 Å². The average Bonchev–Trinajstić information content (AvgIpc) is 2.56. The van der Waals surface area contributed by atoms with Gasteiger partial charge < -0.3 is 15.2 Å². The van der Waals surface area contributed by atoms with Gasteiger partial charge >= 0.3 is 0 Å². The minimum Gasteiger partial charge on any atom is -0.389 e. The zero-order valence-electron chi connectivity index (χ0n) is 10.9. The van der Waals surface area contributed by atoms with E-state index in [2.05, 4.69) is 5.32 Å². The van der Waals surface area contributed by atoms with Gasteiger partial charge in [0.15, 0.2) is 0 Å². The molecule has 1 atom stereocenters. The largest absolute Gasteiger partial charge is 0.389 e. The predicted molar refractivity (Wildman–Crippen MR) is 69.1 cm³/mol. The van der Waals surface area contributed by atoms with E-state index in [-0.39, 0.29) is 0 Å². The molecule has 0 amide bonds. The van der Waals surface area contributed by atoms with Crippen LogP contribution in [0.15, 0.2) is 0 Å². The summed E-state index contributed by atoms with van der Waals surface area (Å²) in [5.74, 6) is 0.651. The Hall–Kier alpha value is -0.120. The first-order valence-electron chi connectivity index (χ1n) is 7.29. The van der Waals surface area contributed by atoms with E-state index in [9.17, 15) is 5.11 Å². The summed E-state index contributed by atoms with van der Waals surface area (Å²) in [6, 6.07) is 0. The molecule has 0 radical (unpaired) electrons. The second-order valence-electron chi connectivity index (χ2n) is 5.85. The van der Waals surface area contributed by atoms with Crippen molar-refractivity contribution >= 4 is 0 Å². The summed E-state index contributed by atoms with van der Waals surface area (Å²) in [5, 5.41) is 14.0. The van der Waals surface area contributed by atoms with E-state index >= 15 is 0 Å². The average molecular weight is 241 g/mol. The molecule has 100 valence electrons. The standard InChI is InChI=1S/C14H27NO2/c16-14(7-3-1-2-4-8-14)12-15-10-13-6-5-9-17-11-13/h13,15-16H,1-12H2. The van der Waals surface area contributed by atoms with E-state index in [0.29, 0.717) is 5.92 Å². The molecular formula is C14H27NO2. The van der Waals surface area contributed by atoms with Gasteiger partial charge in [0.05, 0.1) is 12.2 Å². The first-order valence-corrected chi connectivity index (χ1v) is 7.29. The predicted octanol–water partition coefficient (Wildman–Crippen LogP) is 2.09. The summed E-state index contributed by atoms with van der Waals surface area (Å²) >= 11 is 0. The Labute approximate surface area is 105 Å². The second-order valence-corrected chi connectivity index (χ2v) is 5.85. The summed E-state index contributed by atoms with van der Waals surface area (Å²) in [6.45, 7) is 3.59. The number of hydrogen-bond acceptors (Lipinski definition) is 3. The summed E-state index contributed by atoms with van der Waals surface area (Å²) < 4.78 is 5.47. The lowest BCUT2D eigenvalue weighted by atomic mass is 9.94. The molecule has 1 saturated heterocycles. The van der Waals surface area contributed by atoms with E-state index in [4.69, 9.17) is 4.74 Å². The topological polar surface area (TPSA) is 41.5 Å². The van der Waals surface area contributed by atoms with Gasteiger partial charge in [0.1, 0.15) is 0 Å². The van der Waals surface area contributed by atoms with Crippen LogP contribution in [0.1, 0.15) is 51.4 Å². The van der Waals surface area contributed by atoms with Crippen LogP contribution in [0.2, 0.25) is 0 Å². The lowest BCUT2D eigenvalue weighted by Gasteiger charge is -2.29. The minimum atomic E-state index is -0.438. The highest BCUT2D eigenvalue weighted by Gasteiger charge is 2.27. The first kappa shape index (κ1) is 13.3. The molecule has 0 bridgehead atoms. The Bertz CT molecular complexity index is 206. The Balaban J connectivity index is 1.65. The third kappa shape index (κ3) is 4.57. The quantitative estimate of drug-likeness (QED) is 0.741. The molecule has 2 rings (SSSR count). The second kappa shape index (κ2) is 6.72. The van der Waals surface area contributed by atoms with Gasteiger partial charge in [-0.3, -0.25) is 0 Å². The van der Waals surface area contributed by atoms with Crippen molar-refractivity contribution in [1.82, 2.24) is 5.32 Å². The Kier molecular flexibility index (Phi) is 5.26. The Morgan fingerprint density at radius 1 is 1.12 bits per heavy atom. The monoisotopic (exact) mass is 241 g/mol. The van der Waals surface area contributed by atoms with E-state index < -0.39 is 5.60 Å². The molecular weight excluding hydrogens is 214 g/mol. The minimum absolute atomic E-state index is 0.438. The molecule has 1 heterocycles. The molecule has 0 aromatic rings. The maximum Gasteiger partial charge on any atom is 0.0771 e. The molecule has 1 saturated carbocycles. The third-order valence-corrected chi connectivity index (χ3v) is 4.18. The van der Waals surface area contributed by atoms with Crippen LogP contribution in [0.25, 0.3) is 0 Å². The molecule has 1 unspecified atom stereocenters. The van der Waals surface area contributed by atoms with Gasteiger partial charge in [0, 0.05) is 19.7 Å². The van der Waals surface area contributed by atoms with Gasteiger partial charge in [0.2, 0.25) is 0 Å². The highest BCUT2D eigenvalue weighted by molar-refractivity contribution is 4.83. The molecule has 3 nitrogen and oxygen atoms in total. The first-order chi connectivity index (χ1) is 8.29. The fourth-order valence-electron chi connectivity index (χ4n) is 3.04. The molecule has 3 heteroatoms. The number of hydrogen-bond donors (Lipinski definition) is 2. The third-order valence-electron chi connectivity index (χ3n) is 4.18. The summed E-state index contributed by atoms with van der Waals surface area (Å²) in [7, 11) is 0. The van der Waals surface area contributed by atoms with Crippen LogP contribution in [0.5, 0.6) is 0 Å². The van der Waals surface area contributed by atoms with E-state index in [0.717, 1.165) is 39.1 Å². The zero-order valence-corrected chi connectivity index (χ0v) is 10.9. The van der Waals surface area contributed by atoms with Crippen LogP contribution in [0, 0.1) is 5.92 Å². The van der Waals surface area contributed by atoms with E-state index in [1.54, 1.807) is 0 Å². The number of aliphatic hydroxyl groups is 1. The molecule has 0 aromatic heterocycles. The van der Waals surface area contributed by atoms with Crippen LogP contribution in [0.3, 0.4) is 0 Å². The zero-order chi connectivity index (χ0) is 12.0. The van der Waals surface area contributed by atoms with Gasteiger partial charge in [0.25, 0.3) is 0 Å². The van der Waals surface area contributed by atoms with Crippen LogP contribution in [0.4, 0.5) is 0 Å². The van der Waals surface area contributed by atoms with Gasteiger partial charge in [-0.25, -0.2) is 0 Å². The fraction of sp³-hybridized carbons (Fsp3) is 1.00. The molecule has 0 aromatic carbocycles. The molecule has 2 fully saturated rings. The Morgan fingerprint density at radius 3 is 2.53 bits per heavy atom. The van der Waals surface area contributed by atoms with Crippen molar-refractivity contribution in [3.63, 3.8) is 0 Å². The van der Waals surface area contributed by atoms with Crippen LogP contribution < -0.4 is 5.32 Å². The van der Waals surface area contributed by atoms with Crippen molar-refractivity contribution in [2.24, 2.45) is 5.92 Å². The highest BCUT2D eigenvalue weighted by Crippen LogP contribution is 2.26. The highest BCUT2D eigenvalue weighted by atomic mass is 16.5. The number of nitrogens with one attached hydrogen (secondary N) is 1. The lowest BCUT2D eigenvalue weighted by molar-refractivity contribution is 0.0187. The Morgan fingerprint density at radius 2 is 1.88 bits per heavy atom. The smallest absolute Gasteiger partial charge is 0.0771 e. The van der Waals surface area contributed by atoms with Crippen molar-refractivity contribution in [1.29, 1.82) is 0 Å². The van der Waals surface area contributed by atoms with Crippen molar-refractivity contribution in [3.05, 3.63) is 0 Å². The molecule has 1 aliphatic heterocycles. The number of rotatable bonds is 4. The fourth-order valence-corrected chi connectivity index (χ4v) is 3.04. The maximum absolute atomic E-state index is 10.5. The van der Waals surface area contributed by atoms with E-state index in [1.165, 1.54) is 38.5 Å². The summed E-state index contributed by atoms with van der Waals surface area (Å²) in [6.07, 6.45) is 9.36. The van der Waals surface area contributed by atoms with E-state index in [1.807, 2.05) is 0 Å². The van der Waals surface area contributed by atoms with Crippen molar-refractivity contribution in [3.8, 4) is 0 Å². The molecule has 2 N–H and O–H groups in total. The van der Waals surface area contributed by atoms with Crippen LogP contribution in [-0.4, -0.2) is 37.0 Å². The van der Waals surface area contributed by atoms with Gasteiger partial charge in [-0.2, -0.15) is 0 Å². The molecule has 17 heavy (non-hydrogen) atoms. The van der Waals surface area contributed by atoms with Crippen molar-refractivity contribution < 1.29 is 9.84 Å². The maximum atomic E-state index is 10.5. The summed E-state index contributed by atoms with van der Waals surface area (Å²) in [5.41, 5.74) is -0.438. The number of ether oxygens (including phenoxy) is 1. The van der Waals surface area contributed by atoms with Crippen LogP contribution >= 0.6 is 0 Å². The normalized spacial score (nSPS) is 29.8. The SMILES string of the molecule is OC1(CNCC2CCCOC2)CCCCCC1. The van der Waals surface area contributed by atoms with Gasteiger partial charge in [-0.1, -0.05) is 25.7 Å². The lowest BCUT2D eigenvalue weighted by Crippen LogP contribution is -2.42. The van der Waals surface area contributed by atoms with Gasteiger partial charge in [-0.05, 0) is 31.6 Å². The molecule has 0 spiro atoms.